The van der Waals surface area contributed by atoms with Gasteiger partial charge in [-0.1, -0.05) is 36.4 Å². The van der Waals surface area contributed by atoms with Crippen molar-refractivity contribution in [2.45, 2.75) is 32.4 Å². The number of carbonyl (C=O) groups excluding carboxylic acids is 1. The van der Waals surface area contributed by atoms with Crippen LogP contribution in [0.3, 0.4) is 0 Å². The Morgan fingerprint density at radius 1 is 1.12 bits per heavy atom. The van der Waals surface area contributed by atoms with Crippen molar-refractivity contribution >= 4 is 11.6 Å². The van der Waals surface area contributed by atoms with Gasteiger partial charge in [-0.2, -0.15) is 0 Å². The van der Waals surface area contributed by atoms with Crippen LogP contribution in [-0.2, 0) is 6.54 Å². The van der Waals surface area contributed by atoms with Crippen LogP contribution in [0.25, 0.3) is 5.65 Å². The summed E-state index contributed by atoms with van der Waals surface area (Å²) in [6, 6.07) is 16.6. The first-order chi connectivity index (χ1) is 12.7. The Morgan fingerprint density at radius 2 is 1.85 bits per heavy atom. The van der Waals surface area contributed by atoms with E-state index in [0.29, 0.717) is 5.69 Å². The molecule has 4 rings (SSSR count). The molecule has 1 aromatic carbocycles. The minimum absolute atomic E-state index is 0.0253. The van der Waals surface area contributed by atoms with E-state index in [0.717, 1.165) is 43.8 Å². The molecular formula is C21H24N4O. The summed E-state index contributed by atoms with van der Waals surface area (Å²) in [6.07, 6.45) is 3.86. The number of piperidine rings is 1. The lowest BCUT2D eigenvalue weighted by atomic mass is 10.0. The molecule has 2 aromatic heterocycles. The van der Waals surface area contributed by atoms with Crippen LogP contribution < -0.4 is 5.32 Å². The highest BCUT2D eigenvalue weighted by molar-refractivity contribution is 5.94. The maximum absolute atomic E-state index is 12.8. The Morgan fingerprint density at radius 3 is 2.62 bits per heavy atom. The number of carbonyl (C=O) groups is 1. The van der Waals surface area contributed by atoms with Crippen molar-refractivity contribution in [1.29, 1.82) is 0 Å². The summed E-state index contributed by atoms with van der Waals surface area (Å²) in [5, 5.41) is 3.21. The summed E-state index contributed by atoms with van der Waals surface area (Å²) >= 11 is 0. The van der Waals surface area contributed by atoms with Crippen molar-refractivity contribution in [1.82, 2.24) is 19.6 Å². The fourth-order valence-corrected chi connectivity index (χ4v) is 3.72. The fourth-order valence-electron chi connectivity index (χ4n) is 3.72. The Kier molecular flexibility index (Phi) is 4.71. The average molecular weight is 348 g/mol. The molecule has 3 aromatic rings. The summed E-state index contributed by atoms with van der Waals surface area (Å²) in [6.45, 7) is 4.89. The number of nitrogens with zero attached hydrogens (tertiary/aromatic N) is 3. The van der Waals surface area contributed by atoms with E-state index >= 15 is 0 Å². The number of rotatable bonds is 4. The molecule has 0 radical (unpaired) electrons. The van der Waals surface area contributed by atoms with Gasteiger partial charge in [0.2, 0.25) is 0 Å². The van der Waals surface area contributed by atoms with Gasteiger partial charge in [-0.3, -0.25) is 14.1 Å². The summed E-state index contributed by atoms with van der Waals surface area (Å²) in [7, 11) is 0. The molecule has 0 unspecified atom stereocenters. The molecule has 134 valence electrons. The van der Waals surface area contributed by atoms with Crippen LogP contribution >= 0.6 is 0 Å². The number of pyridine rings is 1. The van der Waals surface area contributed by atoms with E-state index in [4.69, 9.17) is 0 Å². The number of aromatic nitrogens is 2. The number of amides is 1. The Balaban J connectivity index is 1.37. The Hall–Kier alpha value is -2.66. The SMILES string of the molecule is Cc1nc2ccccn2c1C(=O)NC1CCN(Cc2ccccc2)CC1. The third-order valence-corrected chi connectivity index (χ3v) is 5.09. The molecule has 3 heterocycles. The van der Waals surface area contributed by atoms with Gasteiger partial charge in [0.05, 0.1) is 5.69 Å². The van der Waals surface area contributed by atoms with E-state index in [9.17, 15) is 4.79 Å². The molecule has 0 saturated carbocycles. The first-order valence-electron chi connectivity index (χ1n) is 9.21. The lowest BCUT2D eigenvalue weighted by molar-refractivity contribution is 0.0902. The Bertz CT molecular complexity index is 895. The number of likely N-dealkylation sites (tertiary alicyclic amines) is 1. The average Bonchev–Trinajstić information content (AvgIpc) is 3.00. The van der Waals surface area contributed by atoms with Crippen LogP contribution in [0.2, 0.25) is 0 Å². The summed E-state index contributed by atoms with van der Waals surface area (Å²) in [4.78, 5) is 19.7. The van der Waals surface area contributed by atoms with Crippen molar-refractivity contribution in [3.63, 3.8) is 0 Å². The van der Waals surface area contributed by atoms with Crippen LogP contribution in [-0.4, -0.2) is 39.3 Å². The molecule has 1 fully saturated rings. The van der Waals surface area contributed by atoms with E-state index in [1.165, 1.54) is 5.56 Å². The minimum Gasteiger partial charge on any atom is -0.348 e. The molecule has 1 saturated heterocycles. The van der Waals surface area contributed by atoms with Crippen LogP contribution in [0.5, 0.6) is 0 Å². The van der Waals surface area contributed by atoms with Crippen molar-refractivity contribution in [2.24, 2.45) is 0 Å². The normalized spacial score (nSPS) is 16.0. The molecular weight excluding hydrogens is 324 g/mol. The van der Waals surface area contributed by atoms with Crippen molar-refractivity contribution in [3.05, 3.63) is 71.7 Å². The topological polar surface area (TPSA) is 49.6 Å². The second-order valence-corrected chi connectivity index (χ2v) is 6.98. The minimum atomic E-state index is -0.0253. The number of hydrogen-bond donors (Lipinski definition) is 1. The number of nitrogens with one attached hydrogen (secondary N) is 1. The number of imidazole rings is 1. The largest absolute Gasteiger partial charge is 0.348 e. The monoisotopic (exact) mass is 348 g/mol. The van der Waals surface area contributed by atoms with Crippen LogP contribution in [0, 0.1) is 6.92 Å². The van der Waals surface area contributed by atoms with E-state index in [2.05, 4.69) is 39.5 Å². The zero-order valence-electron chi connectivity index (χ0n) is 15.1. The van der Waals surface area contributed by atoms with Crippen LogP contribution in [0.1, 0.15) is 34.6 Å². The lowest BCUT2D eigenvalue weighted by Crippen LogP contribution is -2.44. The second-order valence-electron chi connectivity index (χ2n) is 6.98. The van der Waals surface area contributed by atoms with E-state index in [1.807, 2.05) is 41.8 Å². The molecule has 5 heteroatoms. The summed E-state index contributed by atoms with van der Waals surface area (Å²) in [5.74, 6) is -0.0253. The summed E-state index contributed by atoms with van der Waals surface area (Å²) < 4.78 is 1.87. The first kappa shape index (κ1) is 16.8. The number of benzene rings is 1. The van der Waals surface area contributed by atoms with E-state index in [1.54, 1.807) is 0 Å². The lowest BCUT2D eigenvalue weighted by Gasteiger charge is -2.32. The van der Waals surface area contributed by atoms with Gasteiger partial charge in [0.1, 0.15) is 11.3 Å². The smallest absolute Gasteiger partial charge is 0.270 e. The molecule has 1 aliphatic heterocycles. The van der Waals surface area contributed by atoms with Gasteiger partial charge in [-0.05, 0) is 37.5 Å². The fraction of sp³-hybridized carbons (Fsp3) is 0.333. The third kappa shape index (κ3) is 3.48. The van der Waals surface area contributed by atoms with Crippen molar-refractivity contribution in [3.8, 4) is 0 Å². The highest BCUT2D eigenvalue weighted by Gasteiger charge is 2.23. The van der Waals surface area contributed by atoms with Crippen molar-refractivity contribution in [2.75, 3.05) is 13.1 Å². The predicted octanol–water partition coefficient (Wildman–Crippen LogP) is 3.04. The molecule has 5 nitrogen and oxygen atoms in total. The van der Waals surface area contributed by atoms with Gasteiger partial charge in [0, 0.05) is 31.9 Å². The second kappa shape index (κ2) is 7.30. The van der Waals surface area contributed by atoms with Gasteiger partial charge in [0.15, 0.2) is 0 Å². The zero-order chi connectivity index (χ0) is 17.9. The van der Waals surface area contributed by atoms with Crippen molar-refractivity contribution < 1.29 is 4.79 Å². The molecule has 1 aliphatic rings. The molecule has 0 aliphatic carbocycles. The van der Waals surface area contributed by atoms with Gasteiger partial charge in [-0.15, -0.1) is 0 Å². The standard InChI is InChI=1S/C21H24N4O/c1-16-20(25-12-6-5-9-19(25)22-16)21(26)23-18-10-13-24(14-11-18)15-17-7-3-2-4-8-17/h2-9,12,18H,10-11,13-15H2,1H3,(H,23,26). The van der Waals surface area contributed by atoms with Crippen LogP contribution in [0.15, 0.2) is 54.7 Å². The third-order valence-electron chi connectivity index (χ3n) is 5.09. The van der Waals surface area contributed by atoms with Crippen LogP contribution in [0.4, 0.5) is 0 Å². The van der Waals surface area contributed by atoms with Gasteiger partial charge in [0.25, 0.3) is 5.91 Å². The highest BCUT2D eigenvalue weighted by Crippen LogP contribution is 2.16. The van der Waals surface area contributed by atoms with Gasteiger partial charge in [-0.25, -0.2) is 4.98 Å². The number of hydrogen-bond acceptors (Lipinski definition) is 3. The highest BCUT2D eigenvalue weighted by atomic mass is 16.2. The number of aryl methyl sites for hydroxylation is 1. The number of fused-ring (bicyclic) bond motifs is 1. The summed E-state index contributed by atoms with van der Waals surface area (Å²) in [5.41, 5.74) is 3.58. The molecule has 0 spiro atoms. The van der Waals surface area contributed by atoms with E-state index < -0.39 is 0 Å². The maximum atomic E-state index is 12.8. The van der Waals surface area contributed by atoms with Gasteiger partial charge >= 0.3 is 0 Å². The predicted molar refractivity (Wildman–Crippen MR) is 102 cm³/mol. The molecule has 1 N–H and O–H groups in total. The quantitative estimate of drug-likeness (QED) is 0.788. The first-order valence-corrected chi connectivity index (χ1v) is 9.21. The Labute approximate surface area is 153 Å². The molecule has 0 atom stereocenters. The molecule has 1 amide bonds. The van der Waals surface area contributed by atoms with Gasteiger partial charge < -0.3 is 5.32 Å². The maximum Gasteiger partial charge on any atom is 0.270 e. The van der Waals surface area contributed by atoms with E-state index in [-0.39, 0.29) is 11.9 Å². The zero-order valence-corrected chi connectivity index (χ0v) is 15.1. The molecule has 0 bridgehead atoms. The molecule has 26 heavy (non-hydrogen) atoms.